The van der Waals surface area contributed by atoms with Gasteiger partial charge in [-0.1, -0.05) is 13.3 Å². The second kappa shape index (κ2) is 5.20. The Morgan fingerprint density at radius 3 is 2.94 bits per heavy atom. The number of anilines is 2. The van der Waals surface area contributed by atoms with E-state index in [0.717, 1.165) is 37.2 Å². The Balaban J connectivity index is 2.23. The van der Waals surface area contributed by atoms with Gasteiger partial charge in [-0.25, -0.2) is 9.97 Å². The Hall–Kier alpha value is -1.85. The molecule has 0 radical (unpaired) electrons. The van der Waals surface area contributed by atoms with Gasteiger partial charge in [0.25, 0.3) is 0 Å². The molecule has 98 valence electrons. The van der Waals surface area contributed by atoms with Crippen LogP contribution < -0.4 is 16.4 Å². The van der Waals surface area contributed by atoms with Crippen LogP contribution in [0, 0.1) is 5.92 Å². The molecule has 1 unspecified atom stereocenters. The molecule has 1 aliphatic rings. The fourth-order valence-electron chi connectivity index (χ4n) is 2.36. The standard InChI is InChI=1S/C12H19N5O/c1-2-3-9-10(13)15-7-16-12(9)17-5-4-8(6-17)11(14)18/h7-8H,2-6H2,1H3,(H2,14,18)(H2,13,15,16). The average Bonchev–Trinajstić information content (AvgIpc) is 2.81. The molecule has 1 saturated heterocycles. The normalized spacial score (nSPS) is 19.2. The highest BCUT2D eigenvalue weighted by Crippen LogP contribution is 2.28. The molecule has 1 amide bonds. The van der Waals surface area contributed by atoms with Gasteiger partial charge in [0.1, 0.15) is 18.0 Å². The minimum atomic E-state index is -0.239. The van der Waals surface area contributed by atoms with Crippen LogP contribution in [0.2, 0.25) is 0 Å². The van der Waals surface area contributed by atoms with E-state index in [1.54, 1.807) is 0 Å². The first-order chi connectivity index (χ1) is 8.63. The van der Waals surface area contributed by atoms with Crippen LogP contribution in [-0.4, -0.2) is 29.0 Å². The third-order valence-electron chi connectivity index (χ3n) is 3.35. The van der Waals surface area contributed by atoms with Gasteiger partial charge in [0.15, 0.2) is 0 Å². The van der Waals surface area contributed by atoms with E-state index in [2.05, 4.69) is 21.8 Å². The summed E-state index contributed by atoms with van der Waals surface area (Å²) in [6, 6.07) is 0. The van der Waals surface area contributed by atoms with Gasteiger partial charge in [-0.2, -0.15) is 0 Å². The Morgan fingerprint density at radius 1 is 1.56 bits per heavy atom. The summed E-state index contributed by atoms with van der Waals surface area (Å²) in [7, 11) is 0. The lowest BCUT2D eigenvalue weighted by atomic mass is 10.1. The fourth-order valence-corrected chi connectivity index (χ4v) is 2.36. The van der Waals surface area contributed by atoms with Crippen molar-refractivity contribution in [2.24, 2.45) is 11.7 Å². The van der Waals surface area contributed by atoms with Crippen molar-refractivity contribution in [2.75, 3.05) is 23.7 Å². The summed E-state index contributed by atoms with van der Waals surface area (Å²) in [4.78, 5) is 21.6. The minimum Gasteiger partial charge on any atom is -0.383 e. The van der Waals surface area contributed by atoms with Crippen LogP contribution in [0.1, 0.15) is 25.3 Å². The first-order valence-corrected chi connectivity index (χ1v) is 6.27. The maximum Gasteiger partial charge on any atom is 0.222 e. The topological polar surface area (TPSA) is 98.1 Å². The molecule has 6 nitrogen and oxygen atoms in total. The zero-order valence-corrected chi connectivity index (χ0v) is 10.6. The monoisotopic (exact) mass is 249 g/mol. The lowest BCUT2D eigenvalue weighted by Crippen LogP contribution is -2.28. The van der Waals surface area contributed by atoms with Crippen LogP contribution >= 0.6 is 0 Å². The van der Waals surface area contributed by atoms with E-state index in [4.69, 9.17) is 11.5 Å². The quantitative estimate of drug-likeness (QED) is 0.801. The summed E-state index contributed by atoms with van der Waals surface area (Å²) in [5, 5.41) is 0. The second-order valence-electron chi connectivity index (χ2n) is 4.65. The number of nitrogen functional groups attached to an aromatic ring is 1. The van der Waals surface area contributed by atoms with E-state index in [-0.39, 0.29) is 11.8 Å². The molecular weight excluding hydrogens is 230 g/mol. The van der Waals surface area contributed by atoms with Crippen molar-refractivity contribution < 1.29 is 4.79 Å². The summed E-state index contributed by atoms with van der Waals surface area (Å²) in [5.41, 5.74) is 12.2. The predicted molar refractivity (Wildman–Crippen MR) is 70.0 cm³/mol. The van der Waals surface area contributed by atoms with Crippen molar-refractivity contribution in [2.45, 2.75) is 26.2 Å². The van der Waals surface area contributed by atoms with Crippen molar-refractivity contribution in [3.63, 3.8) is 0 Å². The number of nitrogens with zero attached hydrogens (tertiary/aromatic N) is 3. The number of carbonyl (C=O) groups excluding carboxylic acids is 1. The molecule has 0 aliphatic carbocycles. The number of aromatic nitrogens is 2. The number of carbonyl (C=O) groups is 1. The fraction of sp³-hybridized carbons (Fsp3) is 0.583. The molecule has 1 aromatic rings. The maximum absolute atomic E-state index is 11.2. The third kappa shape index (κ3) is 2.37. The zero-order chi connectivity index (χ0) is 13.1. The zero-order valence-electron chi connectivity index (χ0n) is 10.6. The van der Waals surface area contributed by atoms with Gasteiger partial charge in [-0.15, -0.1) is 0 Å². The van der Waals surface area contributed by atoms with Gasteiger partial charge in [-0.3, -0.25) is 4.79 Å². The van der Waals surface area contributed by atoms with Gasteiger partial charge in [0.2, 0.25) is 5.91 Å². The highest BCUT2D eigenvalue weighted by atomic mass is 16.1. The van der Waals surface area contributed by atoms with Gasteiger partial charge in [-0.05, 0) is 12.8 Å². The molecule has 0 saturated carbocycles. The smallest absolute Gasteiger partial charge is 0.222 e. The average molecular weight is 249 g/mol. The first kappa shape index (κ1) is 12.6. The van der Waals surface area contributed by atoms with E-state index in [1.165, 1.54) is 6.33 Å². The minimum absolute atomic E-state index is 0.0873. The van der Waals surface area contributed by atoms with E-state index < -0.39 is 0 Å². The van der Waals surface area contributed by atoms with Crippen LogP contribution in [-0.2, 0) is 11.2 Å². The molecule has 0 aromatic carbocycles. The highest BCUT2D eigenvalue weighted by molar-refractivity contribution is 5.78. The number of amides is 1. The van der Waals surface area contributed by atoms with Crippen LogP contribution in [0.5, 0.6) is 0 Å². The van der Waals surface area contributed by atoms with Crippen molar-refractivity contribution in [1.29, 1.82) is 0 Å². The van der Waals surface area contributed by atoms with E-state index in [0.29, 0.717) is 12.4 Å². The van der Waals surface area contributed by atoms with Gasteiger partial charge >= 0.3 is 0 Å². The van der Waals surface area contributed by atoms with E-state index >= 15 is 0 Å². The number of rotatable bonds is 4. The molecule has 2 heterocycles. The SMILES string of the molecule is CCCc1c(N)ncnc1N1CCC(C(N)=O)C1. The number of primary amides is 1. The molecule has 1 atom stereocenters. The molecule has 6 heteroatoms. The van der Waals surface area contributed by atoms with Crippen LogP contribution in [0.15, 0.2) is 6.33 Å². The van der Waals surface area contributed by atoms with Crippen molar-refractivity contribution in [1.82, 2.24) is 9.97 Å². The van der Waals surface area contributed by atoms with Crippen LogP contribution in [0.25, 0.3) is 0 Å². The number of hydrogen-bond acceptors (Lipinski definition) is 5. The second-order valence-corrected chi connectivity index (χ2v) is 4.65. The van der Waals surface area contributed by atoms with Crippen molar-refractivity contribution in [3.8, 4) is 0 Å². The summed E-state index contributed by atoms with van der Waals surface area (Å²) < 4.78 is 0. The van der Waals surface area contributed by atoms with Crippen molar-refractivity contribution in [3.05, 3.63) is 11.9 Å². The Bertz CT molecular complexity index is 448. The van der Waals surface area contributed by atoms with Crippen LogP contribution in [0.4, 0.5) is 11.6 Å². The summed E-state index contributed by atoms with van der Waals surface area (Å²) >= 11 is 0. The van der Waals surface area contributed by atoms with Crippen molar-refractivity contribution >= 4 is 17.5 Å². The molecule has 18 heavy (non-hydrogen) atoms. The Labute approximate surface area is 106 Å². The number of nitrogens with two attached hydrogens (primary N) is 2. The number of hydrogen-bond donors (Lipinski definition) is 2. The highest BCUT2D eigenvalue weighted by Gasteiger charge is 2.29. The molecule has 1 aromatic heterocycles. The third-order valence-corrected chi connectivity index (χ3v) is 3.35. The van der Waals surface area contributed by atoms with Crippen LogP contribution in [0.3, 0.4) is 0 Å². The molecule has 0 bridgehead atoms. The van der Waals surface area contributed by atoms with Gasteiger partial charge in [0, 0.05) is 18.7 Å². The predicted octanol–water partition coefficient (Wildman–Crippen LogP) is 0.323. The molecule has 0 spiro atoms. The lowest BCUT2D eigenvalue weighted by molar-refractivity contribution is -0.121. The molecule has 2 rings (SSSR count). The molecule has 4 N–H and O–H groups in total. The lowest BCUT2D eigenvalue weighted by Gasteiger charge is -2.20. The molecule has 1 fully saturated rings. The first-order valence-electron chi connectivity index (χ1n) is 6.27. The molecular formula is C12H19N5O. The van der Waals surface area contributed by atoms with E-state index in [1.807, 2.05) is 0 Å². The summed E-state index contributed by atoms with van der Waals surface area (Å²) in [5.74, 6) is 1.06. The molecule has 1 aliphatic heterocycles. The summed E-state index contributed by atoms with van der Waals surface area (Å²) in [6.45, 7) is 3.51. The van der Waals surface area contributed by atoms with Gasteiger partial charge < -0.3 is 16.4 Å². The maximum atomic E-state index is 11.2. The summed E-state index contributed by atoms with van der Waals surface area (Å²) in [6.07, 6.45) is 4.09. The Kier molecular flexibility index (Phi) is 3.64. The van der Waals surface area contributed by atoms with E-state index in [9.17, 15) is 4.79 Å². The Morgan fingerprint density at radius 2 is 2.33 bits per heavy atom. The largest absolute Gasteiger partial charge is 0.383 e. The van der Waals surface area contributed by atoms with Gasteiger partial charge in [0.05, 0.1) is 5.92 Å².